The number of aliphatic hydroxyl groups excluding tert-OH is 1. The van der Waals surface area contributed by atoms with E-state index < -0.39 is 87.8 Å². The summed E-state index contributed by atoms with van der Waals surface area (Å²) in [6.45, 7) is 5.75. The molecule has 14 nitrogen and oxygen atoms in total. The molecule has 1 spiro atoms. The average Bonchev–Trinajstić information content (AvgIpc) is 4.01. The van der Waals surface area contributed by atoms with Crippen LogP contribution >= 0.6 is 0 Å². The van der Waals surface area contributed by atoms with Crippen LogP contribution in [-0.4, -0.2) is 98.8 Å². The Bertz CT molecular complexity index is 2020. The first-order chi connectivity index (χ1) is 24.9. The number of hydrogen-bond acceptors (Lipinski definition) is 14. The summed E-state index contributed by atoms with van der Waals surface area (Å²) in [5.41, 5.74) is -5.48. The predicted molar refractivity (Wildman–Crippen MR) is 174 cm³/mol. The van der Waals surface area contributed by atoms with Gasteiger partial charge in [0.05, 0.1) is 24.0 Å². The molecule has 0 radical (unpaired) electrons. The number of ether oxygens (including phenoxy) is 5. The first-order valence-electron chi connectivity index (χ1n) is 18.5. The van der Waals surface area contributed by atoms with E-state index in [9.17, 15) is 44.4 Å². The van der Waals surface area contributed by atoms with Crippen LogP contribution in [-0.2, 0) is 47.7 Å². The molecule has 5 saturated carbocycles. The third-order valence-corrected chi connectivity index (χ3v) is 15.5. The SMILES string of the molecule is CC1=C2C3=C4[C@](C)([C@@H]5C[C@@H]5[C@@]4(O)C[C@@H]4[C@]35OC(=O)C3=C5C[C@H]5[C@](O)(COC(=O)/C=C(\C)COC(=O)CCC(=O)OC3)[C@H]3C[C@H]3[C@]45C)[C@@H](O)[C@@]2(O)OC1=O. The second-order valence-electron chi connectivity index (χ2n) is 17.7. The number of fused-ring (bicyclic) bond motifs is 9. The van der Waals surface area contributed by atoms with Crippen molar-refractivity contribution in [1.82, 2.24) is 0 Å². The quantitative estimate of drug-likeness (QED) is 0.202. The van der Waals surface area contributed by atoms with Crippen molar-refractivity contribution in [3.63, 3.8) is 0 Å². The van der Waals surface area contributed by atoms with E-state index in [1.807, 2.05) is 6.92 Å². The summed E-state index contributed by atoms with van der Waals surface area (Å²) in [4.78, 5) is 66.2. The molecule has 4 N–H and O–H groups in total. The van der Waals surface area contributed by atoms with Crippen LogP contribution in [0.15, 0.2) is 45.1 Å². The van der Waals surface area contributed by atoms with Crippen LogP contribution in [0.3, 0.4) is 0 Å². The van der Waals surface area contributed by atoms with Crippen LogP contribution in [0.25, 0.3) is 0 Å². The second-order valence-corrected chi connectivity index (χ2v) is 17.7. The van der Waals surface area contributed by atoms with E-state index in [-0.39, 0.29) is 84.9 Å². The van der Waals surface area contributed by atoms with Gasteiger partial charge >= 0.3 is 29.8 Å². The number of hydrogen-bond donors (Lipinski definition) is 4. The van der Waals surface area contributed by atoms with Gasteiger partial charge < -0.3 is 44.1 Å². The lowest BCUT2D eigenvalue weighted by molar-refractivity contribution is -0.244. The van der Waals surface area contributed by atoms with Crippen molar-refractivity contribution < 1.29 is 68.1 Å². The fraction of sp³-hybridized carbons (Fsp3) is 0.667. The first-order valence-corrected chi connectivity index (χ1v) is 18.5. The lowest BCUT2D eigenvalue weighted by atomic mass is 9.42. The van der Waals surface area contributed by atoms with Crippen LogP contribution in [0.4, 0.5) is 0 Å². The molecule has 7 aliphatic carbocycles. The maximum atomic E-state index is 14.4. The summed E-state index contributed by atoms with van der Waals surface area (Å²) in [7, 11) is 0. The van der Waals surface area contributed by atoms with Gasteiger partial charge in [-0.3, -0.25) is 9.59 Å². The molecule has 5 fully saturated rings. The van der Waals surface area contributed by atoms with Gasteiger partial charge in [0.1, 0.15) is 31.5 Å². The Hall–Kier alpha value is -3.85. The fourth-order valence-corrected chi connectivity index (χ4v) is 13.2. The molecule has 13 atom stereocenters. The third kappa shape index (κ3) is 3.71. The van der Waals surface area contributed by atoms with E-state index in [0.29, 0.717) is 29.6 Å². The van der Waals surface area contributed by atoms with Crippen molar-refractivity contribution in [1.29, 1.82) is 0 Å². The minimum atomic E-state index is -2.51. The van der Waals surface area contributed by atoms with Gasteiger partial charge in [-0.2, -0.15) is 0 Å². The highest BCUT2D eigenvalue weighted by Crippen LogP contribution is 2.84. The van der Waals surface area contributed by atoms with Crippen LogP contribution in [0, 0.1) is 46.3 Å². The minimum absolute atomic E-state index is 0.00686. The zero-order valence-electron chi connectivity index (χ0n) is 29.9. The summed E-state index contributed by atoms with van der Waals surface area (Å²) in [5.74, 6) is -8.74. The van der Waals surface area contributed by atoms with E-state index in [2.05, 4.69) is 0 Å². The molecule has 14 heteroatoms. The van der Waals surface area contributed by atoms with Gasteiger partial charge in [0, 0.05) is 40.0 Å². The van der Waals surface area contributed by atoms with Gasteiger partial charge in [-0.05, 0) is 85.3 Å². The van der Waals surface area contributed by atoms with Crippen molar-refractivity contribution >= 4 is 29.8 Å². The maximum absolute atomic E-state index is 14.4. The van der Waals surface area contributed by atoms with Crippen molar-refractivity contribution in [2.45, 2.75) is 94.9 Å². The Morgan fingerprint density at radius 3 is 2.17 bits per heavy atom. The van der Waals surface area contributed by atoms with Crippen molar-refractivity contribution in [3.8, 4) is 0 Å². The summed E-state index contributed by atoms with van der Waals surface area (Å²) >= 11 is 0. The molecule has 53 heavy (non-hydrogen) atoms. The Labute approximate surface area is 303 Å². The Morgan fingerprint density at radius 2 is 1.45 bits per heavy atom. The van der Waals surface area contributed by atoms with Crippen LogP contribution in [0.1, 0.15) is 66.2 Å². The highest BCUT2D eigenvalue weighted by atomic mass is 16.7. The molecule has 0 aromatic carbocycles. The van der Waals surface area contributed by atoms with Crippen molar-refractivity contribution in [3.05, 3.63) is 45.1 Å². The lowest BCUT2D eigenvalue weighted by Crippen LogP contribution is -2.69. The van der Waals surface area contributed by atoms with Gasteiger partial charge in [0.15, 0.2) is 5.60 Å². The number of aliphatic hydroxyl groups is 4. The normalized spacial score (nSPS) is 51.7. The van der Waals surface area contributed by atoms with Crippen molar-refractivity contribution in [2.75, 3.05) is 19.8 Å². The topological polar surface area (TPSA) is 212 Å². The van der Waals surface area contributed by atoms with Gasteiger partial charge in [-0.25, -0.2) is 14.4 Å². The largest absolute Gasteiger partial charge is 0.461 e. The Kier molecular flexibility index (Phi) is 6.27. The molecule has 282 valence electrons. The lowest BCUT2D eigenvalue weighted by Gasteiger charge is -2.64. The van der Waals surface area contributed by atoms with Gasteiger partial charge in [0.25, 0.3) is 5.79 Å². The second kappa shape index (κ2) is 9.87. The molecule has 0 aromatic rings. The summed E-state index contributed by atoms with van der Waals surface area (Å²) < 4.78 is 28.8. The Balaban J connectivity index is 1.21. The highest BCUT2D eigenvalue weighted by Gasteiger charge is 2.87. The predicted octanol–water partition coefficient (Wildman–Crippen LogP) is 0.995. The van der Waals surface area contributed by atoms with Crippen LogP contribution < -0.4 is 0 Å². The molecular weight excluding hydrogens is 692 g/mol. The number of carbonyl (C=O) groups excluding carboxylic acids is 5. The monoisotopic (exact) mass is 734 g/mol. The molecular formula is C39H42O14. The molecule has 0 saturated heterocycles. The van der Waals surface area contributed by atoms with Gasteiger partial charge in [-0.1, -0.05) is 13.8 Å². The average molecular weight is 735 g/mol. The van der Waals surface area contributed by atoms with Crippen molar-refractivity contribution in [2.24, 2.45) is 46.3 Å². The molecule has 3 heterocycles. The summed E-state index contributed by atoms with van der Waals surface area (Å²) in [6, 6.07) is 0. The first kappa shape index (κ1) is 33.7. The van der Waals surface area contributed by atoms with Gasteiger partial charge in [-0.15, -0.1) is 0 Å². The summed E-state index contributed by atoms with van der Waals surface area (Å²) in [6.07, 6.45) is 0.162. The van der Waals surface area contributed by atoms with Crippen LogP contribution in [0.5, 0.6) is 0 Å². The number of carbonyl (C=O) groups is 5. The molecule has 10 rings (SSSR count). The minimum Gasteiger partial charge on any atom is -0.461 e. The molecule has 0 amide bonds. The van der Waals surface area contributed by atoms with E-state index in [4.69, 9.17) is 23.7 Å². The molecule has 3 aliphatic heterocycles. The molecule has 0 aromatic heterocycles. The van der Waals surface area contributed by atoms with E-state index >= 15 is 0 Å². The Morgan fingerprint density at radius 1 is 0.774 bits per heavy atom. The third-order valence-electron chi connectivity index (χ3n) is 15.5. The number of rotatable bonds is 0. The highest BCUT2D eigenvalue weighted by molar-refractivity contribution is 5.98. The van der Waals surface area contributed by atoms with E-state index in [1.54, 1.807) is 13.8 Å². The number of cyclic esters (lactones) is 3. The van der Waals surface area contributed by atoms with E-state index in [1.165, 1.54) is 13.0 Å². The molecule has 10 aliphatic rings. The van der Waals surface area contributed by atoms with E-state index in [0.717, 1.165) is 0 Å². The molecule has 2 bridgehead atoms. The zero-order chi connectivity index (χ0) is 37.6. The number of esters is 5. The summed E-state index contributed by atoms with van der Waals surface area (Å²) in [5, 5.41) is 50.2. The maximum Gasteiger partial charge on any atom is 0.338 e. The zero-order valence-corrected chi connectivity index (χ0v) is 29.9. The smallest absolute Gasteiger partial charge is 0.338 e. The fourth-order valence-electron chi connectivity index (χ4n) is 13.2. The standard InChI is InChI=1S/C39H42O14/c1-15-7-27(42)51-14-37(47)22-8-19(22)34(3)23(37)10-18-17(13-50-26(41)6-5-25(40)49-12-15)32(44)52-38(18)24(34)11-36(46)21-9-20(21)35(4)30(36)29(38)28-16(2)31(43)53-39(28,48)33(35)45/h7,19-24,33,45-48H,5-6,8-14H2,1-4H3/b15-7+/t19-,20-,21+,22+,23-,24+,33-,34+,35+,36+,37+,38+,39+/m1/s1. The van der Waals surface area contributed by atoms with Gasteiger partial charge in [0.2, 0.25) is 0 Å². The molecule has 0 unspecified atom stereocenters. The van der Waals surface area contributed by atoms with Crippen LogP contribution in [0.2, 0.25) is 0 Å².